The molecule has 2 aromatic rings. The Labute approximate surface area is 195 Å². The number of carbonyl (C=O) groups excluding carboxylic acids is 1. The standard InChI is InChI=1S/C24H31N3O5S/c1-3-27(4-2)33(31,32)20-12-9-18(10-13-20)21(15-17-7-5-6-8-17)23(28)26-22-14-11-19(16-25-22)24(29)30/h9-14,16-17,21H,3-8,15H2,1-2H3,(H,29,30)(H,25,26,28)/t21-/m1/s1. The molecule has 1 aliphatic rings. The van der Waals surface area contributed by atoms with Gasteiger partial charge in [0, 0.05) is 19.3 Å². The summed E-state index contributed by atoms with van der Waals surface area (Å²) in [6.07, 6.45) is 6.32. The molecule has 0 aliphatic heterocycles. The SMILES string of the molecule is CCN(CC)S(=O)(=O)c1ccc([C@@H](CC2CCCC2)C(=O)Nc2ccc(C(=O)O)cn2)cc1. The van der Waals surface area contributed by atoms with E-state index in [-0.39, 0.29) is 22.2 Å². The Morgan fingerprint density at radius 1 is 1.09 bits per heavy atom. The summed E-state index contributed by atoms with van der Waals surface area (Å²) in [6, 6.07) is 9.43. The van der Waals surface area contributed by atoms with Crippen LogP contribution in [0.2, 0.25) is 0 Å². The van der Waals surface area contributed by atoms with Crippen LogP contribution in [-0.4, -0.2) is 47.8 Å². The van der Waals surface area contributed by atoms with Crippen molar-refractivity contribution >= 4 is 27.7 Å². The van der Waals surface area contributed by atoms with E-state index in [1.807, 2.05) is 0 Å². The highest BCUT2D eigenvalue weighted by atomic mass is 32.2. The molecule has 0 saturated heterocycles. The molecule has 0 unspecified atom stereocenters. The number of amides is 1. The largest absolute Gasteiger partial charge is 0.478 e. The van der Waals surface area contributed by atoms with Crippen LogP contribution >= 0.6 is 0 Å². The molecule has 1 aromatic heterocycles. The fourth-order valence-electron chi connectivity index (χ4n) is 4.37. The van der Waals surface area contributed by atoms with Crippen LogP contribution in [0.4, 0.5) is 5.82 Å². The zero-order valence-electron chi connectivity index (χ0n) is 19.0. The molecule has 1 fully saturated rings. The van der Waals surface area contributed by atoms with E-state index in [2.05, 4.69) is 10.3 Å². The lowest BCUT2D eigenvalue weighted by Crippen LogP contribution is -2.30. The van der Waals surface area contributed by atoms with Gasteiger partial charge in [-0.15, -0.1) is 0 Å². The summed E-state index contributed by atoms with van der Waals surface area (Å²) in [7, 11) is -3.57. The minimum absolute atomic E-state index is 0.0421. The zero-order chi connectivity index (χ0) is 24.0. The number of hydrogen-bond donors (Lipinski definition) is 2. The Hall–Kier alpha value is -2.78. The number of carbonyl (C=O) groups is 2. The average Bonchev–Trinajstić information content (AvgIpc) is 3.32. The van der Waals surface area contributed by atoms with Gasteiger partial charge in [0.1, 0.15) is 5.82 Å². The van der Waals surface area contributed by atoms with Crippen molar-refractivity contribution in [2.75, 3.05) is 18.4 Å². The van der Waals surface area contributed by atoms with E-state index in [9.17, 15) is 18.0 Å². The van der Waals surface area contributed by atoms with Gasteiger partial charge in [-0.25, -0.2) is 18.2 Å². The van der Waals surface area contributed by atoms with Crippen molar-refractivity contribution in [1.82, 2.24) is 9.29 Å². The lowest BCUT2D eigenvalue weighted by molar-refractivity contribution is -0.118. The number of sulfonamides is 1. The molecule has 33 heavy (non-hydrogen) atoms. The van der Waals surface area contributed by atoms with E-state index in [0.717, 1.165) is 31.2 Å². The summed E-state index contributed by atoms with van der Waals surface area (Å²) in [6.45, 7) is 4.38. The van der Waals surface area contributed by atoms with Crippen molar-refractivity contribution in [2.45, 2.75) is 56.8 Å². The van der Waals surface area contributed by atoms with Crippen LogP contribution in [0.25, 0.3) is 0 Å². The molecular weight excluding hydrogens is 442 g/mol. The van der Waals surface area contributed by atoms with Gasteiger partial charge in [-0.2, -0.15) is 4.31 Å². The highest BCUT2D eigenvalue weighted by Gasteiger charge is 2.28. The molecule has 8 nitrogen and oxygen atoms in total. The normalized spacial score (nSPS) is 15.5. The molecule has 2 N–H and O–H groups in total. The number of aromatic nitrogens is 1. The van der Waals surface area contributed by atoms with Crippen LogP contribution in [0.3, 0.4) is 0 Å². The van der Waals surface area contributed by atoms with Gasteiger partial charge in [-0.1, -0.05) is 51.7 Å². The van der Waals surface area contributed by atoms with E-state index in [1.54, 1.807) is 38.1 Å². The maximum atomic E-state index is 13.2. The van der Waals surface area contributed by atoms with Gasteiger partial charge in [0.15, 0.2) is 0 Å². The first-order valence-electron chi connectivity index (χ1n) is 11.4. The zero-order valence-corrected chi connectivity index (χ0v) is 19.8. The molecule has 9 heteroatoms. The summed E-state index contributed by atoms with van der Waals surface area (Å²) in [5, 5.41) is 11.8. The number of anilines is 1. The molecule has 1 saturated carbocycles. The fourth-order valence-corrected chi connectivity index (χ4v) is 5.82. The summed E-state index contributed by atoms with van der Waals surface area (Å²) >= 11 is 0. The lowest BCUT2D eigenvalue weighted by Gasteiger charge is -2.22. The first-order chi connectivity index (χ1) is 15.8. The van der Waals surface area contributed by atoms with Gasteiger partial charge >= 0.3 is 5.97 Å². The minimum Gasteiger partial charge on any atom is -0.478 e. The summed E-state index contributed by atoms with van der Waals surface area (Å²) in [5.74, 6) is -1.07. The third kappa shape index (κ3) is 5.97. The Balaban J connectivity index is 1.84. The van der Waals surface area contributed by atoms with E-state index in [4.69, 9.17) is 5.11 Å². The number of pyridine rings is 1. The van der Waals surface area contributed by atoms with Crippen LogP contribution in [0.5, 0.6) is 0 Å². The van der Waals surface area contributed by atoms with E-state index in [1.165, 1.54) is 22.6 Å². The molecule has 178 valence electrons. The van der Waals surface area contributed by atoms with Crippen LogP contribution in [-0.2, 0) is 14.8 Å². The highest BCUT2D eigenvalue weighted by Crippen LogP contribution is 2.35. The molecule has 1 atom stereocenters. The van der Waals surface area contributed by atoms with Crippen molar-refractivity contribution < 1.29 is 23.1 Å². The number of nitrogens with zero attached hydrogens (tertiary/aromatic N) is 2. The topological polar surface area (TPSA) is 117 Å². The molecule has 1 amide bonds. The Morgan fingerprint density at radius 3 is 2.24 bits per heavy atom. The molecule has 3 rings (SSSR count). The van der Waals surface area contributed by atoms with Gasteiger partial charge < -0.3 is 10.4 Å². The molecule has 1 aliphatic carbocycles. The third-order valence-electron chi connectivity index (χ3n) is 6.25. The van der Waals surface area contributed by atoms with Gasteiger partial charge in [-0.3, -0.25) is 4.79 Å². The number of carboxylic acid groups (broad SMARTS) is 1. The molecule has 1 heterocycles. The summed E-state index contributed by atoms with van der Waals surface area (Å²) in [4.78, 5) is 28.5. The Kier molecular flexibility index (Phi) is 8.20. The van der Waals surface area contributed by atoms with Crippen LogP contribution in [0.1, 0.15) is 67.8 Å². The van der Waals surface area contributed by atoms with E-state index in [0.29, 0.717) is 25.4 Å². The first-order valence-corrected chi connectivity index (χ1v) is 12.8. The molecule has 0 radical (unpaired) electrons. The second-order valence-corrected chi connectivity index (χ2v) is 10.3. The first kappa shape index (κ1) is 24.9. The van der Waals surface area contributed by atoms with Crippen LogP contribution in [0.15, 0.2) is 47.5 Å². The quantitative estimate of drug-likeness (QED) is 0.536. The van der Waals surface area contributed by atoms with Crippen LogP contribution < -0.4 is 5.32 Å². The van der Waals surface area contributed by atoms with Gasteiger partial charge in [0.25, 0.3) is 0 Å². The number of nitrogens with one attached hydrogen (secondary N) is 1. The summed E-state index contributed by atoms with van der Waals surface area (Å²) < 4.78 is 27.0. The number of aromatic carboxylic acids is 1. The average molecular weight is 474 g/mol. The predicted molar refractivity (Wildman–Crippen MR) is 126 cm³/mol. The van der Waals surface area contributed by atoms with Gasteiger partial charge in [0.05, 0.1) is 16.4 Å². The highest BCUT2D eigenvalue weighted by molar-refractivity contribution is 7.89. The number of benzene rings is 1. The second kappa shape index (κ2) is 10.9. The van der Waals surface area contributed by atoms with Crippen molar-refractivity contribution in [3.8, 4) is 0 Å². The van der Waals surface area contributed by atoms with Crippen molar-refractivity contribution in [3.63, 3.8) is 0 Å². The molecule has 0 spiro atoms. The smallest absolute Gasteiger partial charge is 0.337 e. The maximum Gasteiger partial charge on any atom is 0.337 e. The third-order valence-corrected chi connectivity index (χ3v) is 8.31. The van der Waals surface area contributed by atoms with Gasteiger partial charge in [-0.05, 0) is 42.2 Å². The fraction of sp³-hybridized carbons (Fsp3) is 0.458. The number of carboxylic acids is 1. The number of hydrogen-bond acceptors (Lipinski definition) is 5. The Bertz CT molecular complexity index is 1060. The van der Waals surface area contributed by atoms with Crippen LogP contribution in [0, 0.1) is 5.92 Å². The van der Waals surface area contributed by atoms with Crippen molar-refractivity contribution in [3.05, 3.63) is 53.7 Å². The molecule has 1 aromatic carbocycles. The predicted octanol–water partition coefficient (Wildman–Crippen LogP) is 4.11. The maximum absolute atomic E-state index is 13.2. The monoisotopic (exact) mass is 473 g/mol. The number of rotatable bonds is 10. The molecule has 0 bridgehead atoms. The molecular formula is C24H31N3O5S. The van der Waals surface area contributed by atoms with E-state index >= 15 is 0 Å². The van der Waals surface area contributed by atoms with Crippen molar-refractivity contribution in [1.29, 1.82) is 0 Å². The second-order valence-electron chi connectivity index (χ2n) is 8.32. The van der Waals surface area contributed by atoms with Crippen molar-refractivity contribution in [2.24, 2.45) is 5.92 Å². The van der Waals surface area contributed by atoms with Gasteiger partial charge in [0.2, 0.25) is 15.9 Å². The van der Waals surface area contributed by atoms with E-state index < -0.39 is 21.9 Å². The summed E-state index contributed by atoms with van der Waals surface area (Å²) in [5.41, 5.74) is 0.792. The minimum atomic E-state index is -3.57. The Morgan fingerprint density at radius 2 is 1.73 bits per heavy atom. The lowest BCUT2D eigenvalue weighted by atomic mass is 9.87.